The molecule has 1 saturated heterocycles. The van der Waals surface area contributed by atoms with Gasteiger partial charge in [-0.15, -0.1) is 0 Å². The van der Waals surface area contributed by atoms with Crippen molar-refractivity contribution in [2.75, 3.05) is 35.2 Å². The van der Waals surface area contributed by atoms with Crippen molar-refractivity contribution in [3.63, 3.8) is 0 Å². The lowest BCUT2D eigenvalue weighted by molar-refractivity contribution is -0.114. The number of nitrogens with one attached hydrogen (secondary N) is 2. The Morgan fingerprint density at radius 2 is 1.44 bits per heavy atom. The average Bonchev–Trinajstić information content (AvgIpc) is 3.27. The highest BCUT2D eigenvalue weighted by Crippen LogP contribution is 2.29. The molecule has 1 aromatic carbocycles. The Morgan fingerprint density at radius 1 is 0.933 bits per heavy atom. The molecule has 14 nitrogen and oxygen atoms in total. The number of aryl methyl sites for hydroxylation is 2. The van der Waals surface area contributed by atoms with Crippen LogP contribution >= 0.6 is 11.3 Å². The second-order valence-corrected chi connectivity index (χ2v) is 16.1. The lowest BCUT2D eigenvalue weighted by Gasteiger charge is -2.48. The van der Waals surface area contributed by atoms with Gasteiger partial charge in [0.05, 0.1) is 17.2 Å². The summed E-state index contributed by atoms with van der Waals surface area (Å²) < 4.78 is 23.7. The summed E-state index contributed by atoms with van der Waals surface area (Å²) in [5.74, 6) is -0.872. The predicted molar refractivity (Wildman–Crippen MR) is 171 cm³/mol. The van der Waals surface area contributed by atoms with Gasteiger partial charge < -0.3 is 25.7 Å². The van der Waals surface area contributed by atoms with Gasteiger partial charge in [-0.1, -0.05) is 23.5 Å². The molecule has 4 amide bonds. The van der Waals surface area contributed by atoms with Gasteiger partial charge in [0.1, 0.15) is 4.88 Å². The number of thiazole rings is 1. The Balaban J connectivity index is 1.84. The molecule has 1 aromatic heterocycles. The van der Waals surface area contributed by atoms with E-state index < -0.39 is 39.4 Å². The molecule has 0 aliphatic carbocycles. The number of aromatic nitrogens is 1. The molecular weight excluding hydrogens is 624 g/mol. The number of benzene rings is 1. The summed E-state index contributed by atoms with van der Waals surface area (Å²) in [5, 5.41) is 26.1. The van der Waals surface area contributed by atoms with Crippen LogP contribution in [0, 0.1) is 0 Å². The van der Waals surface area contributed by atoms with Crippen LogP contribution in [0.3, 0.4) is 0 Å². The van der Waals surface area contributed by atoms with Gasteiger partial charge in [0.2, 0.25) is 5.91 Å². The molecule has 45 heavy (non-hydrogen) atoms. The highest BCUT2D eigenvalue weighted by Gasteiger charge is 2.43. The standard InChI is InChI=1S/C29H42N6O8S2/c1-18(36)30-24-32-21(22(44-24)23(37)33-14-16-45(42,43)17-15-33)13-10-19-8-11-20(12-9-19)31-25(34(26(38)39)28(2,3)4)35(27(40)41)29(5,6)7/h8-9,11-12,25,31H,10,13-17H2,1-7H3,(H,38,39)(H,40,41)(H,30,32,36). The molecule has 1 aliphatic heterocycles. The summed E-state index contributed by atoms with van der Waals surface area (Å²) in [7, 11) is -3.17. The van der Waals surface area contributed by atoms with Gasteiger partial charge in [-0.05, 0) is 72.1 Å². The maximum absolute atomic E-state index is 13.3. The highest BCUT2D eigenvalue weighted by atomic mass is 32.2. The van der Waals surface area contributed by atoms with E-state index in [-0.39, 0.29) is 41.5 Å². The molecule has 248 valence electrons. The molecule has 0 atom stereocenters. The van der Waals surface area contributed by atoms with Gasteiger partial charge in [-0.25, -0.2) is 23.0 Å². The minimum Gasteiger partial charge on any atom is -0.465 e. The minimum atomic E-state index is -3.17. The van der Waals surface area contributed by atoms with E-state index in [1.165, 1.54) is 11.8 Å². The van der Waals surface area contributed by atoms with E-state index in [2.05, 4.69) is 15.6 Å². The summed E-state index contributed by atoms with van der Waals surface area (Å²) in [6.07, 6.45) is -3.00. The first-order chi connectivity index (χ1) is 20.7. The predicted octanol–water partition coefficient (Wildman–Crippen LogP) is 4.01. The van der Waals surface area contributed by atoms with Crippen LogP contribution in [0.5, 0.6) is 0 Å². The van der Waals surface area contributed by atoms with E-state index in [9.17, 15) is 37.8 Å². The Labute approximate surface area is 267 Å². The number of hydrogen-bond donors (Lipinski definition) is 4. The number of amides is 4. The van der Waals surface area contributed by atoms with Crippen molar-refractivity contribution in [1.29, 1.82) is 0 Å². The molecule has 0 spiro atoms. The molecular formula is C29H42N6O8S2. The largest absolute Gasteiger partial charge is 0.465 e. The molecule has 1 fully saturated rings. The summed E-state index contributed by atoms with van der Waals surface area (Å²) >= 11 is 1.05. The third-order valence-electron chi connectivity index (χ3n) is 7.05. The number of carboxylic acid groups (broad SMARTS) is 2. The van der Waals surface area contributed by atoms with Gasteiger partial charge >= 0.3 is 12.2 Å². The highest BCUT2D eigenvalue weighted by molar-refractivity contribution is 7.91. The van der Waals surface area contributed by atoms with Crippen LogP contribution in [-0.2, 0) is 27.5 Å². The van der Waals surface area contributed by atoms with Crippen LogP contribution in [0.2, 0.25) is 0 Å². The van der Waals surface area contributed by atoms with Crippen LogP contribution in [0.1, 0.15) is 69.4 Å². The van der Waals surface area contributed by atoms with Gasteiger partial charge in [-0.2, -0.15) is 0 Å². The monoisotopic (exact) mass is 666 g/mol. The van der Waals surface area contributed by atoms with Crippen LogP contribution in [-0.4, -0.2) is 104 Å². The topological polar surface area (TPSA) is 190 Å². The molecule has 2 heterocycles. The molecule has 16 heteroatoms. The molecule has 2 aromatic rings. The molecule has 0 saturated carbocycles. The van der Waals surface area contributed by atoms with Crippen molar-refractivity contribution < 1.29 is 37.8 Å². The number of hydrogen-bond acceptors (Lipinski definition) is 9. The summed E-state index contributed by atoms with van der Waals surface area (Å²) in [6, 6.07) is 7.05. The molecule has 0 bridgehead atoms. The number of carbonyl (C=O) groups is 4. The van der Waals surface area contributed by atoms with E-state index in [4.69, 9.17) is 0 Å². The summed E-state index contributed by atoms with van der Waals surface area (Å²) in [6.45, 7) is 11.6. The van der Waals surface area contributed by atoms with Gasteiger partial charge in [0, 0.05) is 36.8 Å². The van der Waals surface area contributed by atoms with E-state index in [1.807, 2.05) is 12.1 Å². The van der Waals surface area contributed by atoms with Gasteiger partial charge in [0.15, 0.2) is 21.3 Å². The third kappa shape index (κ3) is 9.29. The second-order valence-electron chi connectivity index (χ2n) is 12.8. The normalized spacial score (nSPS) is 15.0. The fourth-order valence-electron chi connectivity index (χ4n) is 4.89. The molecule has 4 N–H and O–H groups in total. The number of anilines is 2. The number of nitrogens with zero attached hydrogens (tertiary/aromatic N) is 4. The Morgan fingerprint density at radius 3 is 1.89 bits per heavy atom. The van der Waals surface area contributed by atoms with Crippen LogP contribution in [0.15, 0.2) is 24.3 Å². The Bertz CT molecular complexity index is 1480. The van der Waals surface area contributed by atoms with E-state index in [0.717, 1.165) is 26.7 Å². The number of carbonyl (C=O) groups excluding carboxylic acids is 2. The SMILES string of the molecule is CC(=O)Nc1nc(CCc2ccc(NC(N(C(=O)O)C(C)(C)C)N(C(=O)O)C(C)(C)C)cc2)c(C(=O)N2CCS(=O)(=O)CC2)s1. The Kier molecular flexibility index (Phi) is 10.7. The maximum atomic E-state index is 13.3. The first-order valence-corrected chi connectivity index (χ1v) is 17.0. The van der Waals surface area contributed by atoms with Gasteiger partial charge in [0.25, 0.3) is 5.91 Å². The zero-order chi connectivity index (χ0) is 33.9. The van der Waals surface area contributed by atoms with Crippen molar-refractivity contribution >= 4 is 56.0 Å². The first kappa shape index (κ1) is 35.6. The number of rotatable bonds is 9. The van der Waals surface area contributed by atoms with Crippen molar-refractivity contribution in [1.82, 2.24) is 19.7 Å². The van der Waals surface area contributed by atoms with Crippen LogP contribution < -0.4 is 10.6 Å². The Hall–Kier alpha value is -3.92. The van der Waals surface area contributed by atoms with Crippen molar-refractivity contribution in [2.24, 2.45) is 0 Å². The molecule has 1 aliphatic rings. The van der Waals surface area contributed by atoms with Crippen molar-refractivity contribution in [3.05, 3.63) is 40.4 Å². The molecule has 0 unspecified atom stereocenters. The lowest BCUT2D eigenvalue weighted by Crippen LogP contribution is -2.66. The second kappa shape index (κ2) is 13.6. The quantitative estimate of drug-likeness (QED) is 0.285. The van der Waals surface area contributed by atoms with Gasteiger partial charge in [-0.3, -0.25) is 19.4 Å². The zero-order valence-corrected chi connectivity index (χ0v) is 28.2. The maximum Gasteiger partial charge on any atom is 0.410 e. The van der Waals surface area contributed by atoms with Crippen LogP contribution in [0.4, 0.5) is 20.4 Å². The lowest BCUT2D eigenvalue weighted by atomic mass is 10.0. The van der Waals surface area contributed by atoms with E-state index in [0.29, 0.717) is 29.1 Å². The molecule has 3 rings (SSSR count). The fourth-order valence-corrected chi connectivity index (χ4v) is 7.12. The average molecular weight is 667 g/mol. The van der Waals surface area contributed by atoms with E-state index >= 15 is 0 Å². The number of sulfone groups is 1. The molecule has 0 radical (unpaired) electrons. The van der Waals surface area contributed by atoms with E-state index in [1.54, 1.807) is 53.7 Å². The third-order valence-corrected chi connectivity index (χ3v) is 9.66. The smallest absolute Gasteiger partial charge is 0.410 e. The van der Waals surface area contributed by atoms with Crippen molar-refractivity contribution in [3.8, 4) is 0 Å². The summed E-state index contributed by atoms with van der Waals surface area (Å²) in [5.41, 5.74) is -0.0421. The van der Waals surface area contributed by atoms with Crippen molar-refractivity contribution in [2.45, 2.75) is 78.7 Å². The zero-order valence-electron chi connectivity index (χ0n) is 26.6. The minimum absolute atomic E-state index is 0.0898. The van der Waals surface area contributed by atoms with Crippen LogP contribution in [0.25, 0.3) is 0 Å². The fraction of sp³-hybridized carbons (Fsp3) is 0.552. The first-order valence-electron chi connectivity index (χ1n) is 14.4. The summed E-state index contributed by atoms with van der Waals surface area (Å²) in [4.78, 5) is 58.1.